The molecule has 0 unspecified atom stereocenters. The maximum absolute atomic E-state index is 13.1. The minimum Gasteiger partial charge on any atom is -0.349 e. The summed E-state index contributed by atoms with van der Waals surface area (Å²) in [6.45, 7) is 11.5. The van der Waals surface area contributed by atoms with E-state index in [4.69, 9.17) is 0 Å². The lowest BCUT2D eigenvalue weighted by Gasteiger charge is -2.39. The highest BCUT2D eigenvalue weighted by Crippen LogP contribution is 2.24. The topological polar surface area (TPSA) is 45.6 Å². The number of amides is 2. The Morgan fingerprint density at radius 2 is 1.81 bits per heavy atom. The average molecular weight is 353 g/mol. The number of hydrogen-bond acceptors (Lipinski definition) is 2. The van der Waals surface area contributed by atoms with Crippen LogP contribution in [0.15, 0.2) is 30.3 Å². The number of nitrogens with zero attached hydrogens (tertiary/aromatic N) is 3. The second kappa shape index (κ2) is 6.98. The van der Waals surface area contributed by atoms with E-state index in [1.807, 2.05) is 58.0 Å². The van der Waals surface area contributed by atoms with Crippen molar-refractivity contribution in [3.63, 3.8) is 0 Å². The molecular weight excluding hydrogens is 326 g/mol. The van der Waals surface area contributed by atoms with Crippen molar-refractivity contribution < 1.29 is 9.59 Å². The van der Waals surface area contributed by atoms with Crippen LogP contribution in [0.5, 0.6) is 0 Å². The summed E-state index contributed by atoms with van der Waals surface area (Å²) >= 11 is 0. The van der Waals surface area contributed by atoms with Crippen molar-refractivity contribution in [2.75, 3.05) is 18.0 Å². The van der Waals surface area contributed by atoms with Gasteiger partial charge in [-0.2, -0.15) is 0 Å². The molecule has 0 radical (unpaired) electrons. The van der Waals surface area contributed by atoms with Crippen LogP contribution in [0, 0.1) is 20.8 Å². The summed E-state index contributed by atoms with van der Waals surface area (Å²) in [5.74, 6) is -0.0909. The lowest BCUT2D eigenvalue weighted by atomic mass is 10.1. The first kappa shape index (κ1) is 18.2. The highest BCUT2D eigenvalue weighted by atomic mass is 16.2. The van der Waals surface area contributed by atoms with E-state index in [2.05, 4.69) is 11.5 Å². The van der Waals surface area contributed by atoms with E-state index in [1.165, 1.54) is 0 Å². The maximum atomic E-state index is 13.1. The van der Waals surface area contributed by atoms with E-state index in [0.29, 0.717) is 12.1 Å². The Bertz CT molecular complexity index is 836. The monoisotopic (exact) mass is 353 g/mol. The fourth-order valence-corrected chi connectivity index (χ4v) is 3.76. The van der Waals surface area contributed by atoms with E-state index < -0.39 is 0 Å². The Labute approximate surface area is 155 Å². The molecule has 2 aromatic rings. The molecule has 1 aliphatic heterocycles. The largest absolute Gasteiger partial charge is 0.349 e. The van der Waals surface area contributed by atoms with Gasteiger partial charge in [0.15, 0.2) is 0 Å². The first-order valence-corrected chi connectivity index (χ1v) is 9.18. The lowest BCUT2D eigenvalue weighted by molar-refractivity contribution is -0.121. The molecule has 2 heterocycles. The Kier molecular flexibility index (Phi) is 4.90. The van der Waals surface area contributed by atoms with Crippen LogP contribution in [-0.4, -0.2) is 40.4 Å². The predicted octanol–water partition coefficient (Wildman–Crippen LogP) is 3.31. The molecule has 0 saturated carbocycles. The standard InChI is InChI=1S/C21H27N3O2/c1-6-22-15(3)11-19(17(22)5)21(26)23-13-20(25)24(12-16(23)4)18-9-7-14(2)8-10-18/h7-11,16H,6,12-13H2,1-5H3/t16-/m1/s1. The molecule has 0 N–H and O–H groups in total. The summed E-state index contributed by atoms with van der Waals surface area (Å²) in [4.78, 5) is 29.3. The van der Waals surface area contributed by atoms with Crippen LogP contribution in [0.4, 0.5) is 5.69 Å². The van der Waals surface area contributed by atoms with Crippen molar-refractivity contribution in [2.24, 2.45) is 0 Å². The molecule has 0 bridgehead atoms. The zero-order chi connectivity index (χ0) is 19.0. The van der Waals surface area contributed by atoms with Gasteiger partial charge in [-0.15, -0.1) is 0 Å². The Hall–Kier alpha value is -2.56. The van der Waals surface area contributed by atoms with Gasteiger partial charge < -0.3 is 14.4 Å². The van der Waals surface area contributed by atoms with Gasteiger partial charge in [-0.25, -0.2) is 0 Å². The van der Waals surface area contributed by atoms with Gasteiger partial charge in [0.25, 0.3) is 5.91 Å². The van der Waals surface area contributed by atoms with Crippen molar-refractivity contribution in [1.29, 1.82) is 0 Å². The van der Waals surface area contributed by atoms with E-state index in [9.17, 15) is 9.59 Å². The van der Waals surface area contributed by atoms with Crippen LogP contribution in [-0.2, 0) is 11.3 Å². The fourth-order valence-electron chi connectivity index (χ4n) is 3.76. The molecule has 5 nitrogen and oxygen atoms in total. The van der Waals surface area contributed by atoms with Gasteiger partial charge in [0.05, 0.1) is 5.56 Å². The molecule has 1 aliphatic rings. The van der Waals surface area contributed by atoms with E-state index in [0.717, 1.165) is 29.2 Å². The lowest BCUT2D eigenvalue weighted by Crippen LogP contribution is -2.57. The van der Waals surface area contributed by atoms with Gasteiger partial charge in [0, 0.05) is 36.2 Å². The highest BCUT2D eigenvalue weighted by Gasteiger charge is 2.34. The number of aromatic nitrogens is 1. The normalized spacial score (nSPS) is 17.7. The second-order valence-electron chi connectivity index (χ2n) is 7.15. The molecule has 138 valence electrons. The van der Waals surface area contributed by atoms with Crippen LogP contribution in [0.1, 0.15) is 41.2 Å². The Morgan fingerprint density at radius 1 is 1.15 bits per heavy atom. The molecule has 5 heteroatoms. The molecule has 1 fully saturated rings. The summed E-state index contributed by atoms with van der Waals surface area (Å²) in [6.07, 6.45) is 0. The smallest absolute Gasteiger partial charge is 0.256 e. The van der Waals surface area contributed by atoms with Gasteiger partial charge in [0.1, 0.15) is 6.54 Å². The zero-order valence-electron chi connectivity index (χ0n) is 16.2. The quantitative estimate of drug-likeness (QED) is 0.850. The molecule has 1 aromatic carbocycles. The molecular formula is C21H27N3O2. The van der Waals surface area contributed by atoms with Gasteiger partial charge >= 0.3 is 0 Å². The molecule has 0 aliphatic carbocycles. The van der Waals surface area contributed by atoms with Crippen molar-refractivity contribution in [2.45, 2.75) is 47.2 Å². The van der Waals surface area contributed by atoms with Gasteiger partial charge in [-0.1, -0.05) is 17.7 Å². The minimum absolute atomic E-state index is 0.0359. The number of carbonyl (C=O) groups excluding carboxylic acids is 2. The van der Waals surface area contributed by atoms with E-state index in [-0.39, 0.29) is 24.4 Å². The highest BCUT2D eigenvalue weighted by molar-refractivity contribution is 6.02. The number of rotatable bonds is 3. The van der Waals surface area contributed by atoms with Crippen molar-refractivity contribution >= 4 is 17.5 Å². The predicted molar refractivity (Wildman–Crippen MR) is 104 cm³/mol. The first-order valence-electron chi connectivity index (χ1n) is 9.18. The second-order valence-corrected chi connectivity index (χ2v) is 7.15. The molecule has 1 atom stereocenters. The summed E-state index contributed by atoms with van der Waals surface area (Å²) < 4.78 is 2.13. The summed E-state index contributed by atoms with van der Waals surface area (Å²) in [5.41, 5.74) is 4.80. The number of benzene rings is 1. The molecule has 2 amide bonds. The molecule has 1 aromatic heterocycles. The zero-order valence-corrected chi connectivity index (χ0v) is 16.2. The Morgan fingerprint density at radius 3 is 2.38 bits per heavy atom. The first-order chi connectivity index (χ1) is 12.3. The minimum atomic E-state index is -0.0535. The van der Waals surface area contributed by atoms with Crippen LogP contribution in [0.3, 0.4) is 0 Å². The summed E-state index contributed by atoms with van der Waals surface area (Å²) in [6, 6.07) is 9.84. The van der Waals surface area contributed by atoms with Crippen molar-refractivity contribution in [3.05, 3.63) is 52.8 Å². The number of piperazine rings is 1. The molecule has 3 rings (SSSR count). The fraction of sp³-hybridized carbons (Fsp3) is 0.429. The third kappa shape index (κ3) is 3.14. The van der Waals surface area contributed by atoms with Crippen LogP contribution < -0.4 is 4.90 Å². The van der Waals surface area contributed by atoms with Crippen molar-refractivity contribution in [3.8, 4) is 0 Å². The van der Waals surface area contributed by atoms with E-state index >= 15 is 0 Å². The maximum Gasteiger partial charge on any atom is 0.256 e. The number of anilines is 1. The average Bonchev–Trinajstić information content (AvgIpc) is 2.90. The molecule has 0 spiro atoms. The van der Waals surface area contributed by atoms with E-state index in [1.54, 1.807) is 9.80 Å². The van der Waals surface area contributed by atoms with Crippen molar-refractivity contribution in [1.82, 2.24) is 9.47 Å². The SMILES string of the molecule is CCn1c(C)cc(C(=O)N2CC(=O)N(c3ccc(C)cc3)C[C@H]2C)c1C. The van der Waals surface area contributed by atoms with Crippen LogP contribution >= 0.6 is 0 Å². The molecule has 1 saturated heterocycles. The number of carbonyl (C=O) groups is 2. The van der Waals surface area contributed by atoms with Crippen LogP contribution in [0.2, 0.25) is 0 Å². The third-order valence-corrected chi connectivity index (χ3v) is 5.31. The van der Waals surface area contributed by atoms with Crippen LogP contribution in [0.25, 0.3) is 0 Å². The van der Waals surface area contributed by atoms with Gasteiger partial charge in [-0.05, 0) is 52.8 Å². The number of aryl methyl sites for hydroxylation is 2. The summed E-state index contributed by atoms with van der Waals surface area (Å²) in [7, 11) is 0. The van der Waals surface area contributed by atoms with Gasteiger partial charge in [-0.3, -0.25) is 9.59 Å². The summed E-state index contributed by atoms with van der Waals surface area (Å²) in [5, 5.41) is 0. The Balaban J connectivity index is 1.82. The number of hydrogen-bond donors (Lipinski definition) is 0. The van der Waals surface area contributed by atoms with Gasteiger partial charge in [0.2, 0.25) is 5.91 Å². The molecule has 26 heavy (non-hydrogen) atoms. The third-order valence-electron chi connectivity index (χ3n) is 5.31.